The Morgan fingerprint density at radius 1 is 1.29 bits per heavy atom. The van der Waals surface area contributed by atoms with Crippen LogP contribution in [0.4, 0.5) is 0 Å². The largest absolute Gasteiger partial charge is 0.481 e. The molecule has 0 saturated heterocycles. The van der Waals surface area contributed by atoms with Gasteiger partial charge in [-0.2, -0.15) is 0 Å². The highest BCUT2D eigenvalue weighted by atomic mass is 16.5. The van der Waals surface area contributed by atoms with Crippen LogP contribution in [0.25, 0.3) is 0 Å². The third-order valence-corrected chi connectivity index (χ3v) is 4.32. The molecule has 2 N–H and O–H groups in total. The number of aliphatic carboxylic acids is 1. The number of nitrogens with one attached hydrogen (secondary N) is 1. The Morgan fingerprint density at radius 2 is 1.94 bits per heavy atom. The molecular weight excluding hydrogens is 218 g/mol. The first kappa shape index (κ1) is 12.8. The number of methoxy groups -OCH3 is 1. The Bertz CT molecular complexity index is 255. The van der Waals surface area contributed by atoms with Crippen LogP contribution in [0.2, 0.25) is 0 Å². The Kier molecular flexibility index (Phi) is 4.40. The van der Waals surface area contributed by atoms with Crippen LogP contribution < -0.4 is 5.32 Å². The topological polar surface area (TPSA) is 58.6 Å². The summed E-state index contributed by atoms with van der Waals surface area (Å²) < 4.78 is 5.24. The van der Waals surface area contributed by atoms with Gasteiger partial charge in [0.2, 0.25) is 0 Å². The second kappa shape index (κ2) is 5.83. The molecule has 98 valence electrons. The molecule has 0 spiro atoms. The average Bonchev–Trinajstić information content (AvgIpc) is 2.28. The van der Waals surface area contributed by atoms with E-state index in [9.17, 15) is 4.79 Å². The Morgan fingerprint density at radius 3 is 2.47 bits per heavy atom. The van der Waals surface area contributed by atoms with E-state index in [-0.39, 0.29) is 5.92 Å². The lowest BCUT2D eigenvalue weighted by Crippen LogP contribution is -2.46. The molecule has 4 nitrogen and oxygen atoms in total. The van der Waals surface area contributed by atoms with Crippen molar-refractivity contribution >= 4 is 5.97 Å². The lowest BCUT2D eigenvalue weighted by Gasteiger charge is -2.36. The second-order valence-corrected chi connectivity index (χ2v) is 5.49. The van der Waals surface area contributed by atoms with Gasteiger partial charge in [-0.15, -0.1) is 0 Å². The molecule has 0 aromatic heterocycles. The van der Waals surface area contributed by atoms with Crippen molar-refractivity contribution in [2.75, 3.05) is 13.7 Å². The monoisotopic (exact) mass is 241 g/mol. The number of ether oxygens (including phenoxy) is 1. The summed E-state index contributed by atoms with van der Waals surface area (Å²) in [5, 5.41) is 12.5. The van der Waals surface area contributed by atoms with Crippen LogP contribution in [0.3, 0.4) is 0 Å². The van der Waals surface area contributed by atoms with Gasteiger partial charge in [-0.05, 0) is 51.0 Å². The number of carboxylic acid groups (broad SMARTS) is 1. The number of hydrogen-bond acceptors (Lipinski definition) is 3. The first-order chi connectivity index (χ1) is 8.19. The fraction of sp³-hybridized carbons (Fsp3) is 0.923. The molecule has 2 saturated carbocycles. The van der Waals surface area contributed by atoms with E-state index in [1.807, 2.05) is 0 Å². The zero-order valence-corrected chi connectivity index (χ0v) is 10.5. The van der Waals surface area contributed by atoms with E-state index in [0.717, 1.165) is 45.1 Å². The van der Waals surface area contributed by atoms with E-state index in [4.69, 9.17) is 9.84 Å². The van der Waals surface area contributed by atoms with Gasteiger partial charge in [0.15, 0.2) is 0 Å². The van der Waals surface area contributed by atoms with Crippen LogP contribution in [-0.4, -0.2) is 36.9 Å². The maximum atomic E-state index is 10.8. The molecule has 0 bridgehead atoms. The molecule has 4 heteroatoms. The van der Waals surface area contributed by atoms with Crippen LogP contribution in [0.1, 0.15) is 38.5 Å². The molecule has 0 unspecified atom stereocenters. The van der Waals surface area contributed by atoms with Crippen LogP contribution in [-0.2, 0) is 9.53 Å². The van der Waals surface area contributed by atoms with Crippen molar-refractivity contribution < 1.29 is 14.6 Å². The fourth-order valence-corrected chi connectivity index (χ4v) is 2.87. The molecule has 2 fully saturated rings. The summed E-state index contributed by atoms with van der Waals surface area (Å²) in [4.78, 5) is 10.8. The minimum atomic E-state index is -0.613. The van der Waals surface area contributed by atoms with Gasteiger partial charge in [0.1, 0.15) is 0 Å². The molecule has 0 atom stereocenters. The third-order valence-electron chi connectivity index (χ3n) is 4.32. The van der Waals surface area contributed by atoms with E-state index in [1.165, 1.54) is 0 Å². The van der Waals surface area contributed by atoms with Gasteiger partial charge in [0.25, 0.3) is 0 Å². The first-order valence-electron chi connectivity index (χ1n) is 6.68. The molecule has 2 rings (SSSR count). The van der Waals surface area contributed by atoms with Crippen LogP contribution in [0.5, 0.6) is 0 Å². The molecule has 2 aliphatic rings. The summed E-state index contributed by atoms with van der Waals surface area (Å²) in [5.41, 5.74) is 0. The van der Waals surface area contributed by atoms with E-state index < -0.39 is 5.97 Å². The highest BCUT2D eigenvalue weighted by molar-refractivity contribution is 5.69. The summed E-state index contributed by atoms with van der Waals surface area (Å²) in [6.07, 6.45) is 6.53. The molecule has 0 heterocycles. The van der Waals surface area contributed by atoms with Crippen molar-refractivity contribution in [1.29, 1.82) is 0 Å². The number of hydrogen-bond donors (Lipinski definition) is 2. The van der Waals surface area contributed by atoms with Gasteiger partial charge in [-0.3, -0.25) is 4.79 Å². The summed E-state index contributed by atoms with van der Waals surface area (Å²) in [7, 11) is 1.77. The van der Waals surface area contributed by atoms with Gasteiger partial charge < -0.3 is 15.2 Å². The summed E-state index contributed by atoms with van der Waals surface area (Å²) in [6, 6.07) is 0.622. The maximum Gasteiger partial charge on any atom is 0.306 e. The SMILES string of the molecule is COC1CC(NCC2CCC(C(=O)O)CC2)C1. The third kappa shape index (κ3) is 3.42. The van der Waals surface area contributed by atoms with E-state index in [2.05, 4.69) is 5.32 Å². The highest BCUT2D eigenvalue weighted by Crippen LogP contribution is 2.29. The van der Waals surface area contributed by atoms with Crippen molar-refractivity contribution in [2.45, 2.75) is 50.7 Å². The minimum Gasteiger partial charge on any atom is -0.481 e. The van der Waals surface area contributed by atoms with Crippen molar-refractivity contribution in [2.24, 2.45) is 11.8 Å². The lowest BCUT2D eigenvalue weighted by molar-refractivity contribution is -0.143. The normalized spacial score (nSPS) is 37.5. The van der Waals surface area contributed by atoms with Crippen LogP contribution in [0, 0.1) is 11.8 Å². The predicted octanol–water partition coefficient (Wildman–Crippen LogP) is 1.64. The van der Waals surface area contributed by atoms with Gasteiger partial charge in [0.05, 0.1) is 12.0 Å². The summed E-state index contributed by atoms with van der Waals surface area (Å²) >= 11 is 0. The number of carboxylic acids is 1. The van der Waals surface area contributed by atoms with Gasteiger partial charge >= 0.3 is 5.97 Å². The molecule has 17 heavy (non-hydrogen) atoms. The van der Waals surface area contributed by atoms with E-state index >= 15 is 0 Å². The molecule has 0 radical (unpaired) electrons. The Balaban J connectivity index is 1.58. The Labute approximate surface area is 103 Å². The van der Waals surface area contributed by atoms with Crippen molar-refractivity contribution in [3.63, 3.8) is 0 Å². The molecular formula is C13H23NO3. The standard InChI is InChI=1S/C13H23NO3/c1-17-12-6-11(7-12)14-8-9-2-4-10(5-3-9)13(15)16/h9-12,14H,2-8H2,1H3,(H,15,16). The van der Waals surface area contributed by atoms with Gasteiger partial charge in [-0.25, -0.2) is 0 Å². The maximum absolute atomic E-state index is 10.8. The molecule has 0 aromatic rings. The zero-order chi connectivity index (χ0) is 12.3. The zero-order valence-electron chi connectivity index (χ0n) is 10.5. The molecule has 0 aromatic carbocycles. The molecule has 0 aliphatic heterocycles. The van der Waals surface area contributed by atoms with E-state index in [0.29, 0.717) is 18.1 Å². The molecule has 0 amide bonds. The minimum absolute atomic E-state index is 0.0900. The average molecular weight is 241 g/mol. The highest BCUT2D eigenvalue weighted by Gasteiger charge is 2.30. The van der Waals surface area contributed by atoms with Gasteiger partial charge in [-0.1, -0.05) is 0 Å². The number of rotatable bonds is 5. The summed E-state index contributed by atoms with van der Waals surface area (Å²) in [6.45, 7) is 1.05. The number of carbonyl (C=O) groups is 1. The predicted molar refractivity (Wildman–Crippen MR) is 64.9 cm³/mol. The second-order valence-electron chi connectivity index (χ2n) is 5.49. The quantitative estimate of drug-likeness (QED) is 0.768. The molecule has 2 aliphatic carbocycles. The van der Waals surface area contributed by atoms with Crippen molar-refractivity contribution in [3.8, 4) is 0 Å². The van der Waals surface area contributed by atoms with Gasteiger partial charge in [0, 0.05) is 13.2 Å². The van der Waals surface area contributed by atoms with Crippen LogP contribution in [0.15, 0.2) is 0 Å². The Hall–Kier alpha value is -0.610. The van der Waals surface area contributed by atoms with Crippen molar-refractivity contribution in [3.05, 3.63) is 0 Å². The van der Waals surface area contributed by atoms with E-state index in [1.54, 1.807) is 7.11 Å². The van der Waals surface area contributed by atoms with Crippen molar-refractivity contribution in [1.82, 2.24) is 5.32 Å². The van der Waals surface area contributed by atoms with Crippen LogP contribution >= 0.6 is 0 Å². The smallest absolute Gasteiger partial charge is 0.306 e. The lowest BCUT2D eigenvalue weighted by atomic mass is 9.81. The first-order valence-corrected chi connectivity index (χ1v) is 6.68. The fourth-order valence-electron chi connectivity index (χ4n) is 2.87. The summed E-state index contributed by atoms with van der Waals surface area (Å²) in [5.74, 6) is -0.0293.